The number of hydrogen-bond acceptors (Lipinski definition) is 4. The molecule has 0 aromatic rings. The smallest absolute Gasteiger partial charge is 0.236 e. The van der Waals surface area contributed by atoms with Crippen molar-refractivity contribution in [1.82, 2.24) is 10.6 Å². The van der Waals surface area contributed by atoms with E-state index in [1.54, 1.807) is 0 Å². The lowest BCUT2D eigenvalue weighted by atomic mass is 10.2. The zero-order valence-corrected chi connectivity index (χ0v) is 12.1. The lowest BCUT2D eigenvalue weighted by Gasteiger charge is -2.36. The molecule has 1 rings (SSSR count). The molecular formula is C13H26N2O3. The van der Waals surface area contributed by atoms with Gasteiger partial charge in [0, 0.05) is 6.54 Å². The Hall–Kier alpha value is -0.650. The van der Waals surface area contributed by atoms with Gasteiger partial charge in [-0.3, -0.25) is 10.1 Å². The minimum absolute atomic E-state index is 0.0218. The number of carbonyl (C=O) groups is 1. The van der Waals surface area contributed by atoms with Gasteiger partial charge in [0.2, 0.25) is 5.91 Å². The van der Waals surface area contributed by atoms with Gasteiger partial charge in [0.05, 0.1) is 25.3 Å². The van der Waals surface area contributed by atoms with Crippen molar-refractivity contribution in [3.05, 3.63) is 0 Å². The van der Waals surface area contributed by atoms with Crippen LogP contribution in [0.5, 0.6) is 0 Å². The first-order chi connectivity index (χ1) is 8.30. The third-order valence-electron chi connectivity index (χ3n) is 2.83. The van der Waals surface area contributed by atoms with Crippen molar-refractivity contribution in [2.75, 3.05) is 19.8 Å². The molecule has 0 aromatic carbocycles. The van der Waals surface area contributed by atoms with Crippen LogP contribution in [0.25, 0.3) is 0 Å². The third-order valence-corrected chi connectivity index (χ3v) is 2.83. The van der Waals surface area contributed by atoms with Crippen LogP contribution in [0.15, 0.2) is 0 Å². The molecule has 2 N–H and O–H groups in total. The van der Waals surface area contributed by atoms with Gasteiger partial charge in [0.1, 0.15) is 0 Å². The molecular weight excluding hydrogens is 232 g/mol. The molecule has 1 amide bonds. The summed E-state index contributed by atoms with van der Waals surface area (Å²) in [6, 6.07) is -0.167. The van der Waals surface area contributed by atoms with Crippen LogP contribution in [0, 0.1) is 5.92 Å². The van der Waals surface area contributed by atoms with Gasteiger partial charge in [0.15, 0.2) is 5.79 Å². The Morgan fingerprint density at radius 2 is 1.83 bits per heavy atom. The average molecular weight is 258 g/mol. The first-order valence-corrected chi connectivity index (χ1v) is 6.62. The molecule has 0 radical (unpaired) electrons. The van der Waals surface area contributed by atoms with Gasteiger partial charge >= 0.3 is 0 Å². The molecule has 5 nitrogen and oxygen atoms in total. The van der Waals surface area contributed by atoms with Crippen molar-refractivity contribution < 1.29 is 14.3 Å². The highest BCUT2D eigenvalue weighted by Crippen LogP contribution is 2.17. The summed E-state index contributed by atoms with van der Waals surface area (Å²) in [4.78, 5) is 11.8. The second kappa shape index (κ2) is 6.50. The second-order valence-electron chi connectivity index (χ2n) is 5.75. The van der Waals surface area contributed by atoms with Crippen molar-refractivity contribution in [2.45, 2.75) is 52.5 Å². The van der Waals surface area contributed by atoms with Gasteiger partial charge in [-0.15, -0.1) is 0 Å². The highest BCUT2D eigenvalue weighted by Gasteiger charge is 2.29. The van der Waals surface area contributed by atoms with Gasteiger partial charge in [-0.05, 0) is 26.7 Å². The van der Waals surface area contributed by atoms with Crippen molar-refractivity contribution in [2.24, 2.45) is 5.92 Å². The largest absolute Gasteiger partial charge is 0.354 e. The Labute approximate surface area is 110 Å². The quantitative estimate of drug-likeness (QED) is 0.769. The fourth-order valence-corrected chi connectivity index (χ4v) is 1.68. The van der Waals surface area contributed by atoms with Gasteiger partial charge in [0.25, 0.3) is 0 Å². The molecule has 0 aromatic heterocycles. The van der Waals surface area contributed by atoms with Gasteiger partial charge in [-0.25, -0.2) is 0 Å². The second-order valence-corrected chi connectivity index (χ2v) is 5.75. The summed E-state index contributed by atoms with van der Waals surface area (Å²) in [6.07, 6.45) is 0. The minimum atomic E-state index is -0.513. The number of carbonyl (C=O) groups excluding carboxylic acids is 1. The van der Waals surface area contributed by atoms with Crippen LogP contribution < -0.4 is 10.6 Å². The summed E-state index contributed by atoms with van der Waals surface area (Å²) >= 11 is 0. The predicted molar refractivity (Wildman–Crippen MR) is 70.2 cm³/mol. The Balaban J connectivity index is 2.28. The molecule has 1 aliphatic rings. The summed E-state index contributed by atoms with van der Waals surface area (Å²) in [5, 5.41) is 6.12. The molecule has 1 heterocycles. The van der Waals surface area contributed by atoms with Crippen molar-refractivity contribution in [3.63, 3.8) is 0 Å². The Bertz CT molecular complexity index is 269. The van der Waals surface area contributed by atoms with E-state index >= 15 is 0 Å². The highest BCUT2D eigenvalue weighted by molar-refractivity contribution is 5.81. The van der Waals surface area contributed by atoms with Crippen molar-refractivity contribution >= 4 is 5.91 Å². The van der Waals surface area contributed by atoms with E-state index in [-0.39, 0.29) is 18.0 Å². The predicted octanol–water partition coefficient (Wildman–Crippen LogP) is 0.888. The SMILES string of the molecule is CC(C)CNC(=O)C(C)NC1COC(C)(C)OC1. The maximum Gasteiger partial charge on any atom is 0.236 e. The lowest BCUT2D eigenvalue weighted by molar-refractivity contribution is -0.253. The molecule has 1 fully saturated rings. The maximum absolute atomic E-state index is 11.8. The number of rotatable bonds is 5. The highest BCUT2D eigenvalue weighted by atomic mass is 16.7. The van der Waals surface area contributed by atoms with Crippen LogP contribution >= 0.6 is 0 Å². The van der Waals surface area contributed by atoms with Crippen LogP contribution in [0.1, 0.15) is 34.6 Å². The third kappa shape index (κ3) is 5.33. The van der Waals surface area contributed by atoms with Crippen molar-refractivity contribution in [3.8, 4) is 0 Å². The fourth-order valence-electron chi connectivity index (χ4n) is 1.68. The van der Waals surface area contributed by atoms with Gasteiger partial charge < -0.3 is 14.8 Å². The topological polar surface area (TPSA) is 59.6 Å². The van der Waals surface area contributed by atoms with Crippen LogP contribution in [0.4, 0.5) is 0 Å². The van der Waals surface area contributed by atoms with E-state index in [1.807, 2.05) is 20.8 Å². The van der Waals surface area contributed by atoms with E-state index in [9.17, 15) is 4.79 Å². The zero-order valence-electron chi connectivity index (χ0n) is 12.1. The van der Waals surface area contributed by atoms with Crippen LogP contribution in [-0.4, -0.2) is 43.5 Å². The lowest BCUT2D eigenvalue weighted by Crippen LogP contribution is -2.54. The van der Waals surface area contributed by atoms with Gasteiger partial charge in [-0.1, -0.05) is 13.8 Å². The fraction of sp³-hybridized carbons (Fsp3) is 0.923. The molecule has 1 aliphatic heterocycles. The summed E-state index contributed by atoms with van der Waals surface area (Å²) in [7, 11) is 0. The first-order valence-electron chi connectivity index (χ1n) is 6.62. The molecule has 0 spiro atoms. The Morgan fingerprint density at radius 1 is 1.28 bits per heavy atom. The van der Waals surface area contributed by atoms with E-state index in [1.165, 1.54) is 0 Å². The molecule has 0 saturated carbocycles. The maximum atomic E-state index is 11.8. The van der Waals surface area contributed by atoms with Crippen LogP contribution in [0.3, 0.4) is 0 Å². The summed E-state index contributed by atoms with van der Waals surface area (Å²) in [6.45, 7) is 11.6. The van der Waals surface area contributed by atoms with E-state index in [0.29, 0.717) is 25.7 Å². The summed E-state index contributed by atoms with van der Waals surface area (Å²) < 4.78 is 11.1. The standard InChI is InChI=1S/C13H26N2O3/c1-9(2)6-14-12(16)10(3)15-11-7-17-13(4,5)18-8-11/h9-11,15H,6-8H2,1-5H3,(H,14,16). The molecule has 106 valence electrons. The molecule has 1 atom stereocenters. The van der Waals surface area contributed by atoms with Gasteiger partial charge in [-0.2, -0.15) is 0 Å². The van der Waals surface area contributed by atoms with E-state index < -0.39 is 5.79 Å². The number of hydrogen-bond donors (Lipinski definition) is 2. The Morgan fingerprint density at radius 3 is 2.33 bits per heavy atom. The molecule has 0 aliphatic carbocycles. The summed E-state index contributed by atoms with van der Waals surface area (Å²) in [5.41, 5.74) is 0. The minimum Gasteiger partial charge on any atom is -0.354 e. The van der Waals surface area contributed by atoms with E-state index in [4.69, 9.17) is 9.47 Å². The first kappa shape index (κ1) is 15.4. The summed E-state index contributed by atoms with van der Waals surface area (Å²) in [5.74, 6) is -0.0294. The number of amides is 1. The monoisotopic (exact) mass is 258 g/mol. The van der Waals surface area contributed by atoms with E-state index in [2.05, 4.69) is 24.5 Å². The average Bonchev–Trinajstić information content (AvgIpc) is 2.28. The normalized spacial score (nSPS) is 21.9. The van der Waals surface area contributed by atoms with Crippen LogP contribution in [-0.2, 0) is 14.3 Å². The van der Waals surface area contributed by atoms with Crippen molar-refractivity contribution in [1.29, 1.82) is 0 Å². The molecule has 1 unspecified atom stereocenters. The molecule has 5 heteroatoms. The molecule has 0 bridgehead atoms. The van der Waals surface area contributed by atoms with Crippen LogP contribution in [0.2, 0.25) is 0 Å². The van der Waals surface area contributed by atoms with E-state index in [0.717, 1.165) is 0 Å². The number of nitrogens with one attached hydrogen (secondary N) is 2. The number of ether oxygens (including phenoxy) is 2. The zero-order chi connectivity index (χ0) is 13.8. The molecule has 1 saturated heterocycles. The molecule has 18 heavy (non-hydrogen) atoms. The Kier molecular flexibility index (Phi) is 5.56.